The zero-order valence-electron chi connectivity index (χ0n) is 18.9. The van der Waals surface area contributed by atoms with Crippen LogP contribution < -0.4 is 10.6 Å². The number of benzene rings is 3. The van der Waals surface area contributed by atoms with E-state index in [1.807, 2.05) is 62.4 Å². The number of rotatable bonds is 7. The van der Waals surface area contributed by atoms with Gasteiger partial charge < -0.3 is 10.6 Å². The van der Waals surface area contributed by atoms with Crippen molar-refractivity contribution in [3.8, 4) is 0 Å². The van der Waals surface area contributed by atoms with E-state index in [-0.39, 0.29) is 23.2 Å². The predicted octanol–water partition coefficient (Wildman–Crippen LogP) is 5.03. The molecule has 0 saturated heterocycles. The standard InChI is InChI=1S/C27H24ClN3O3/c1-17-11-12-18(2)22(15-17)30-25(32)20-9-6-10-21(16-20)29-24-23(28)26(33)31(27(24)34)14-13-19-7-4-3-5-8-19/h3-12,15-16,29H,13-14H2,1-2H3,(H,30,32). The maximum Gasteiger partial charge on any atom is 0.278 e. The smallest absolute Gasteiger partial charge is 0.278 e. The first-order chi connectivity index (χ1) is 16.3. The molecule has 3 aromatic carbocycles. The van der Waals surface area contributed by atoms with Gasteiger partial charge in [0.1, 0.15) is 10.7 Å². The molecule has 0 radical (unpaired) electrons. The Morgan fingerprint density at radius 3 is 2.44 bits per heavy atom. The molecule has 0 aromatic heterocycles. The molecular formula is C27H24ClN3O3. The van der Waals surface area contributed by atoms with Crippen molar-refractivity contribution in [3.63, 3.8) is 0 Å². The van der Waals surface area contributed by atoms with Crippen molar-refractivity contribution < 1.29 is 14.4 Å². The van der Waals surface area contributed by atoms with Crippen LogP contribution in [0.3, 0.4) is 0 Å². The Morgan fingerprint density at radius 1 is 0.912 bits per heavy atom. The zero-order valence-corrected chi connectivity index (χ0v) is 19.6. The SMILES string of the molecule is Cc1ccc(C)c(NC(=O)c2cccc(NC3=C(Cl)C(=O)N(CCc4ccccc4)C3=O)c2)c1. The third-order valence-electron chi connectivity index (χ3n) is 5.61. The Labute approximate surface area is 203 Å². The molecule has 1 aliphatic heterocycles. The number of carbonyl (C=O) groups excluding carboxylic acids is 3. The summed E-state index contributed by atoms with van der Waals surface area (Å²) in [5.74, 6) is -1.30. The lowest BCUT2D eigenvalue weighted by Gasteiger charge is -2.15. The van der Waals surface area contributed by atoms with Gasteiger partial charge in [0.15, 0.2) is 0 Å². The molecule has 2 N–H and O–H groups in total. The maximum absolute atomic E-state index is 12.9. The van der Waals surface area contributed by atoms with E-state index in [2.05, 4.69) is 10.6 Å². The van der Waals surface area contributed by atoms with Crippen LogP contribution in [0.5, 0.6) is 0 Å². The number of hydrogen-bond donors (Lipinski definition) is 2. The molecule has 3 aromatic rings. The van der Waals surface area contributed by atoms with Crippen LogP contribution in [-0.4, -0.2) is 29.2 Å². The van der Waals surface area contributed by atoms with Gasteiger partial charge >= 0.3 is 0 Å². The minimum atomic E-state index is -0.533. The summed E-state index contributed by atoms with van der Waals surface area (Å²) in [5, 5.41) is 5.69. The van der Waals surface area contributed by atoms with E-state index in [1.165, 1.54) is 0 Å². The third kappa shape index (κ3) is 5.02. The van der Waals surface area contributed by atoms with Gasteiger partial charge in [-0.15, -0.1) is 0 Å². The third-order valence-corrected chi connectivity index (χ3v) is 5.96. The number of halogens is 1. The van der Waals surface area contributed by atoms with E-state index in [4.69, 9.17) is 11.6 Å². The molecule has 0 atom stereocenters. The van der Waals surface area contributed by atoms with Gasteiger partial charge in [0.2, 0.25) is 0 Å². The second-order valence-corrected chi connectivity index (χ2v) is 8.54. The number of anilines is 2. The largest absolute Gasteiger partial charge is 0.350 e. The van der Waals surface area contributed by atoms with Gasteiger partial charge in [0.25, 0.3) is 17.7 Å². The fourth-order valence-corrected chi connectivity index (χ4v) is 3.92. The second kappa shape index (κ2) is 9.93. The monoisotopic (exact) mass is 473 g/mol. The topological polar surface area (TPSA) is 78.5 Å². The molecule has 4 rings (SSSR count). The average molecular weight is 474 g/mol. The Bertz CT molecular complexity index is 1300. The van der Waals surface area contributed by atoms with Gasteiger partial charge in [-0.3, -0.25) is 19.3 Å². The Balaban J connectivity index is 1.46. The van der Waals surface area contributed by atoms with Crippen molar-refractivity contribution in [3.05, 3.63) is 106 Å². The molecule has 0 spiro atoms. The van der Waals surface area contributed by atoms with Gasteiger partial charge in [-0.05, 0) is 61.2 Å². The van der Waals surface area contributed by atoms with Gasteiger partial charge in [0.05, 0.1) is 0 Å². The molecule has 0 unspecified atom stereocenters. The van der Waals surface area contributed by atoms with Crippen LogP contribution in [0, 0.1) is 13.8 Å². The van der Waals surface area contributed by atoms with Crippen LogP contribution in [-0.2, 0) is 16.0 Å². The first-order valence-corrected chi connectivity index (χ1v) is 11.3. The molecule has 0 bridgehead atoms. The van der Waals surface area contributed by atoms with Crippen molar-refractivity contribution >= 4 is 40.7 Å². The highest BCUT2D eigenvalue weighted by molar-refractivity contribution is 6.48. The van der Waals surface area contributed by atoms with Gasteiger partial charge in [-0.1, -0.05) is 60.1 Å². The van der Waals surface area contributed by atoms with Crippen LogP contribution in [0.1, 0.15) is 27.0 Å². The quantitative estimate of drug-likeness (QED) is 0.472. The number of nitrogens with one attached hydrogen (secondary N) is 2. The molecule has 34 heavy (non-hydrogen) atoms. The number of nitrogens with zero attached hydrogens (tertiary/aromatic N) is 1. The highest BCUT2D eigenvalue weighted by Crippen LogP contribution is 2.26. The van der Waals surface area contributed by atoms with E-state index >= 15 is 0 Å². The van der Waals surface area contributed by atoms with Gasteiger partial charge in [-0.25, -0.2) is 0 Å². The predicted molar refractivity (Wildman–Crippen MR) is 134 cm³/mol. The Hall–Kier alpha value is -3.90. The highest BCUT2D eigenvalue weighted by atomic mass is 35.5. The summed E-state index contributed by atoms with van der Waals surface area (Å²) in [6.07, 6.45) is 0.532. The van der Waals surface area contributed by atoms with Crippen molar-refractivity contribution in [1.29, 1.82) is 0 Å². The Kier molecular flexibility index (Phi) is 6.80. The fourth-order valence-electron chi connectivity index (χ4n) is 3.69. The second-order valence-electron chi connectivity index (χ2n) is 8.16. The van der Waals surface area contributed by atoms with E-state index in [0.29, 0.717) is 17.7 Å². The van der Waals surface area contributed by atoms with Crippen molar-refractivity contribution in [2.75, 3.05) is 17.2 Å². The number of hydrogen-bond acceptors (Lipinski definition) is 4. The molecule has 0 aliphatic carbocycles. The van der Waals surface area contributed by atoms with E-state index in [9.17, 15) is 14.4 Å². The number of imide groups is 1. The molecular weight excluding hydrogens is 450 g/mol. The number of carbonyl (C=O) groups is 3. The maximum atomic E-state index is 12.9. The summed E-state index contributed by atoms with van der Waals surface area (Å²) in [4.78, 5) is 39.4. The lowest BCUT2D eigenvalue weighted by atomic mass is 10.1. The van der Waals surface area contributed by atoms with E-state index in [1.54, 1.807) is 24.3 Å². The number of amides is 3. The summed E-state index contributed by atoms with van der Waals surface area (Å²) >= 11 is 6.22. The number of aryl methyl sites for hydroxylation is 2. The lowest BCUT2D eigenvalue weighted by molar-refractivity contribution is -0.137. The fraction of sp³-hybridized carbons (Fsp3) is 0.148. The Morgan fingerprint density at radius 2 is 1.68 bits per heavy atom. The minimum Gasteiger partial charge on any atom is -0.350 e. The molecule has 0 saturated carbocycles. The molecule has 6 nitrogen and oxygen atoms in total. The minimum absolute atomic E-state index is 0.00631. The van der Waals surface area contributed by atoms with Crippen LogP contribution in [0.25, 0.3) is 0 Å². The summed E-state index contributed by atoms with van der Waals surface area (Å²) < 4.78 is 0. The first kappa shape index (κ1) is 23.3. The van der Waals surface area contributed by atoms with Gasteiger partial charge in [-0.2, -0.15) is 0 Å². The molecule has 1 aliphatic rings. The molecule has 0 fully saturated rings. The summed E-state index contributed by atoms with van der Waals surface area (Å²) in [6, 6.07) is 22.1. The molecule has 1 heterocycles. The highest BCUT2D eigenvalue weighted by Gasteiger charge is 2.37. The summed E-state index contributed by atoms with van der Waals surface area (Å²) in [6.45, 7) is 4.11. The van der Waals surface area contributed by atoms with E-state index < -0.39 is 11.8 Å². The van der Waals surface area contributed by atoms with Crippen molar-refractivity contribution in [2.45, 2.75) is 20.3 Å². The lowest BCUT2D eigenvalue weighted by Crippen LogP contribution is -2.34. The molecule has 7 heteroatoms. The van der Waals surface area contributed by atoms with Crippen molar-refractivity contribution in [1.82, 2.24) is 4.90 Å². The van der Waals surface area contributed by atoms with Crippen LogP contribution in [0.4, 0.5) is 11.4 Å². The van der Waals surface area contributed by atoms with Crippen LogP contribution in [0.2, 0.25) is 0 Å². The molecule has 3 amide bonds. The van der Waals surface area contributed by atoms with Crippen LogP contribution in [0.15, 0.2) is 83.5 Å². The summed E-state index contributed by atoms with van der Waals surface area (Å²) in [7, 11) is 0. The zero-order chi connectivity index (χ0) is 24.2. The van der Waals surface area contributed by atoms with Crippen LogP contribution >= 0.6 is 11.6 Å². The summed E-state index contributed by atoms with van der Waals surface area (Å²) in [5.41, 5.74) is 4.64. The average Bonchev–Trinajstić information content (AvgIpc) is 3.03. The van der Waals surface area contributed by atoms with Crippen molar-refractivity contribution in [2.24, 2.45) is 0 Å². The molecule has 172 valence electrons. The normalized spacial score (nSPS) is 13.4. The van der Waals surface area contributed by atoms with Gasteiger partial charge in [0, 0.05) is 23.5 Å². The first-order valence-electron chi connectivity index (χ1n) is 10.9. The van der Waals surface area contributed by atoms with E-state index in [0.717, 1.165) is 27.3 Å².